The van der Waals surface area contributed by atoms with Crippen molar-refractivity contribution in [3.8, 4) is 0 Å². The zero-order valence-corrected chi connectivity index (χ0v) is 7.79. The minimum Gasteiger partial charge on any atom is -0.758 e. The van der Waals surface area contributed by atoms with Crippen molar-refractivity contribution in [3.63, 3.8) is 0 Å². The van der Waals surface area contributed by atoms with Crippen LogP contribution in [0.1, 0.15) is 18.1 Å². The van der Waals surface area contributed by atoms with E-state index in [4.69, 9.17) is 0 Å². The van der Waals surface area contributed by atoms with Crippen LogP contribution in [-0.4, -0.2) is 6.54 Å². The molecule has 0 bridgehead atoms. The van der Waals surface area contributed by atoms with Crippen molar-refractivity contribution < 1.29 is 0 Å². The second kappa shape index (κ2) is 3.59. The highest BCUT2D eigenvalue weighted by molar-refractivity contribution is 5.59. The molecule has 0 aromatic heterocycles. The average Bonchev–Trinajstić information content (AvgIpc) is 2.03. The number of nitrogens with zero attached hydrogens (tertiary/aromatic N) is 1. The molecule has 0 spiro atoms. The number of anilines is 1. The van der Waals surface area contributed by atoms with E-state index in [0.717, 1.165) is 21.9 Å². The van der Waals surface area contributed by atoms with Gasteiger partial charge >= 0.3 is 0 Å². The Morgan fingerprint density at radius 2 is 1.75 bits per heavy atom. The maximum atomic E-state index is 11.4. The first-order valence-electron chi connectivity index (χ1n) is 4.17. The summed E-state index contributed by atoms with van der Waals surface area (Å²) in [6.45, 7) is 6.29. The minimum absolute atomic E-state index is 0.506. The lowest BCUT2D eigenvalue weighted by Crippen LogP contribution is -2.15. The minimum atomic E-state index is 0.506. The fourth-order valence-corrected chi connectivity index (χ4v) is 1.36. The molecule has 0 aliphatic carbocycles. The number of hydrogen-bond acceptors (Lipinski definition) is 2. The highest BCUT2D eigenvalue weighted by atomic mass is 16.5. The predicted molar refractivity (Wildman–Crippen MR) is 52.3 cm³/mol. The molecule has 0 amide bonds. The standard InChI is InChI=1S/C10H14NO/c1-4-11(12)10-8(2)6-5-7-9(10)3/h5-7H,4H2,1-3H3/q-1. The Morgan fingerprint density at radius 1 is 1.25 bits per heavy atom. The van der Waals surface area contributed by atoms with Crippen molar-refractivity contribution in [1.29, 1.82) is 0 Å². The zero-order chi connectivity index (χ0) is 9.14. The molecule has 2 heteroatoms. The van der Waals surface area contributed by atoms with Crippen LogP contribution in [0.4, 0.5) is 5.69 Å². The number of benzene rings is 1. The summed E-state index contributed by atoms with van der Waals surface area (Å²) in [7, 11) is 0. The molecule has 2 nitrogen and oxygen atoms in total. The smallest absolute Gasteiger partial charge is 0.0318 e. The molecular weight excluding hydrogens is 150 g/mol. The van der Waals surface area contributed by atoms with Gasteiger partial charge in [-0.15, -0.1) is 0 Å². The molecule has 0 heterocycles. The molecule has 0 saturated heterocycles. The Balaban J connectivity index is 3.12. The molecule has 12 heavy (non-hydrogen) atoms. The molecule has 66 valence electrons. The molecule has 0 unspecified atom stereocenters. The average molecular weight is 164 g/mol. The van der Waals surface area contributed by atoms with Gasteiger partial charge in [-0.2, -0.15) is 0 Å². The highest BCUT2D eigenvalue weighted by Crippen LogP contribution is 2.23. The van der Waals surface area contributed by atoms with Gasteiger partial charge in [0.15, 0.2) is 0 Å². The van der Waals surface area contributed by atoms with Gasteiger partial charge in [0.25, 0.3) is 0 Å². The summed E-state index contributed by atoms with van der Waals surface area (Å²) in [5.74, 6) is 0. The van der Waals surface area contributed by atoms with Crippen molar-refractivity contribution in [2.75, 3.05) is 11.6 Å². The van der Waals surface area contributed by atoms with Crippen LogP contribution in [0, 0.1) is 19.1 Å². The topological polar surface area (TPSA) is 26.3 Å². The molecule has 1 aromatic rings. The van der Waals surface area contributed by atoms with Crippen molar-refractivity contribution in [3.05, 3.63) is 34.5 Å². The first kappa shape index (κ1) is 9.07. The summed E-state index contributed by atoms with van der Waals surface area (Å²) in [6, 6.07) is 5.89. The number of hydrogen-bond donors (Lipinski definition) is 0. The van der Waals surface area contributed by atoms with Crippen molar-refractivity contribution in [2.45, 2.75) is 20.8 Å². The summed E-state index contributed by atoms with van der Waals surface area (Å²) in [5, 5.41) is 12.4. The van der Waals surface area contributed by atoms with E-state index in [9.17, 15) is 5.21 Å². The molecule has 1 aromatic carbocycles. The van der Waals surface area contributed by atoms with Crippen LogP contribution in [0.25, 0.3) is 0 Å². The van der Waals surface area contributed by atoms with E-state index in [1.165, 1.54) is 0 Å². The van der Waals surface area contributed by atoms with Crippen LogP contribution >= 0.6 is 0 Å². The van der Waals surface area contributed by atoms with Gasteiger partial charge < -0.3 is 10.3 Å². The molecule has 0 atom stereocenters. The lowest BCUT2D eigenvalue weighted by molar-refractivity contribution is 1.01. The monoisotopic (exact) mass is 164 g/mol. The predicted octanol–water partition coefficient (Wildman–Crippen LogP) is 2.63. The van der Waals surface area contributed by atoms with E-state index >= 15 is 0 Å². The molecule has 0 N–H and O–H groups in total. The van der Waals surface area contributed by atoms with Gasteiger partial charge in [-0.05, 0) is 31.9 Å². The summed E-state index contributed by atoms with van der Waals surface area (Å²) in [6.07, 6.45) is 0. The summed E-state index contributed by atoms with van der Waals surface area (Å²) in [5.41, 5.74) is 2.92. The SMILES string of the molecule is CCN([O-])c1c(C)cccc1C. The van der Waals surface area contributed by atoms with Crippen LogP contribution in [0.5, 0.6) is 0 Å². The van der Waals surface area contributed by atoms with Crippen molar-refractivity contribution in [2.24, 2.45) is 0 Å². The van der Waals surface area contributed by atoms with Gasteiger partial charge in [0.1, 0.15) is 0 Å². The third-order valence-electron chi connectivity index (χ3n) is 1.98. The van der Waals surface area contributed by atoms with Gasteiger partial charge in [0.2, 0.25) is 0 Å². The quantitative estimate of drug-likeness (QED) is 0.628. The molecule has 0 fully saturated rings. The third kappa shape index (κ3) is 1.59. The van der Waals surface area contributed by atoms with Gasteiger partial charge in [-0.1, -0.05) is 18.2 Å². The Morgan fingerprint density at radius 3 is 2.17 bits per heavy atom. The maximum Gasteiger partial charge on any atom is 0.0318 e. The Bertz CT molecular complexity index is 250. The lowest BCUT2D eigenvalue weighted by atomic mass is 10.1. The fourth-order valence-electron chi connectivity index (χ4n) is 1.36. The molecule has 0 aliphatic rings. The van der Waals surface area contributed by atoms with Crippen LogP contribution in [-0.2, 0) is 0 Å². The first-order valence-corrected chi connectivity index (χ1v) is 4.17. The number of aryl methyl sites for hydroxylation is 2. The van der Waals surface area contributed by atoms with Crippen LogP contribution < -0.4 is 5.06 Å². The maximum absolute atomic E-state index is 11.4. The second-order valence-electron chi connectivity index (χ2n) is 2.94. The second-order valence-corrected chi connectivity index (χ2v) is 2.94. The Labute approximate surface area is 73.4 Å². The van der Waals surface area contributed by atoms with E-state index in [0.29, 0.717) is 6.54 Å². The van der Waals surface area contributed by atoms with Crippen molar-refractivity contribution >= 4 is 5.69 Å². The van der Waals surface area contributed by atoms with Crippen LogP contribution in [0.15, 0.2) is 18.2 Å². The molecule has 0 aliphatic heterocycles. The van der Waals surface area contributed by atoms with Crippen LogP contribution in [0.2, 0.25) is 0 Å². The third-order valence-corrected chi connectivity index (χ3v) is 1.98. The summed E-state index contributed by atoms with van der Waals surface area (Å²) < 4.78 is 0. The van der Waals surface area contributed by atoms with Gasteiger partial charge in [0.05, 0.1) is 0 Å². The Kier molecular flexibility index (Phi) is 2.71. The molecule has 1 rings (SSSR count). The van der Waals surface area contributed by atoms with Crippen LogP contribution in [0.3, 0.4) is 0 Å². The summed E-state index contributed by atoms with van der Waals surface area (Å²) in [4.78, 5) is 0. The lowest BCUT2D eigenvalue weighted by Gasteiger charge is -2.32. The number of rotatable bonds is 2. The normalized spacial score (nSPS) is 10.0. The fraction of sp³-hybridized carbons (Fsp3) is 0.400. The highest BCUT2D eigenvalue weighted by Gasteiger charge is 2.00. The van der Waals surface area contributed by atoms with E-state index in [2.05, 4.69) is 0 Å². The van der Waals surface area contributed by atoms with Gasteiger partial charge in [-0.25, -0.2) is 0 Å². The van der Waals surface area contributed by atoms with E-state index in [-0.39, 0.29) is 0 Å². The van der Waals surface area contributed by atoms with Crippen molar-refractivity contribution in [1.82, 2.24) is 0 Å². The Hall–Kier alpha value is -1.02. The number of para-hydroxylation sites is 1. The summed E-state index contributed by atoms with van der Waals surface area (Å²) >= 11 is 0. The molecule has 0 saturated carbocycles. The van der Waals surface area contributed by atoms with Gasteiger partial charge in [0, 0.05) is 12.2 Å². The number of hydroxylamine groups is 1. The largest absolute Gasteiger partial charge is 0.758 e. The van der Waals surface area contributed by atoms with Gasteiger partial charge in [-0.3, -0.25) is 0 Å². The van der Waals surface area contributed by atoms with E-state index in [1.54, 1.807) is 0 Å². The molecule has 0 radical (unpaired) electrons. The zero-order valence-electron chi connectivity index (χ0n) is 7.79. The van der Waals surface area contributed by atoms with E-state index < -0.39 is 0 Å². The first-order chi connectivity index (χ1) is 5.66. The van der Waals surface area contributed by atoms with E-state index in [1.807, 2.05) is 39.0 Å². The molecular formula is C10H14NO-.